The summed E-state index contributed by atoms with van der Waals surface area (Å²) in [6.07, 6.45) is 0.508. The summed E-state index contributed by atoms with van der Waals surface area (Å²) < 4.78 is 5.25. The van der Waals surface area contributed by atoms with Crippen LogP contribution in [-0.2, 0) is 4.74 Å². The van der Waals surface area contributed by atoms with Crippen LogP contribution < -0.4 is 10.6 Å². The second kappa shape index (κ2) is 6.65. The molecule has 2 rings (SSSR count). The van der Waals surface area contributed by atoms with Gasteiger partial charge in [-0.3, -0.25) is 0 Å². The third kappa shape index (κ3) is 5.04. The van der Waals surface area contributed by atoms with E-state index in [1.165, 1.54) is 0 Å². The standard InChI is InChI=1S/C16H22Cl2N2O2/c1-9(11-6-5-10(17)7-12(11)18)19-13-8-14(13)20-15(21)22-16(2,3)4/h5-7,9,13-14,19H,8H2,1-4H3,(H,20,21). The molecule has 1 fully saturated rings. The summed E-state index contributed by atoms with van der Waals surface area (Å²) in [6, 6.07) is 5.89. The maximum Gasteiger partial charge on any atom is 0.407 e. The molecule has 2 N–H and O–H groups in total. The van der Waals surface area contributed by atoms with Crippen LogP contribution >= 0.6 is 23.2 Å². The molecule has 6 heteroatoms. The Labute approximate surface area is 141 Å². The molecular weight excluding hydrogens is 323 g/mol. The van der Waals surface area contributed by atoms with Gasteiger partial charge in [-0.25, -0.2) is 4.79 Å². The summed E-state index contributed by atoms with van der Waals surface area (Å²) in [6.45, 7) is 7.58. The molecule has 0 heterocycles. The van der Waals surface area contributed by atoms with Crippen LogP contribution in [0.4, 0.5) is 4.79 Å². The normalized spacial score (nSPS) is 22.1. The van der Waals surface area contributed by atoms with E-state index in [-0.39, 0.29) is 24.2 Å². The number of carbonyl (C=O) groups excluding carboxylic acids is 1. The lowest BCUT2D eigenvalue weighted by Crippen LogP contribution is -2.37. The predicted octanol–water partition coefficient (Wildman–Crippen LogP) is 4.31. The average molecular weight is 345 g/mol. The first-order chi connectivity index (χ1) is 10.2. The fraction of sp³-hybridized carbons (Fsp3) is 0.562. The molecule has 0 aliphatic heterocycles. The number of rotatable bonds is 4. The summed E-state index contributed by atoms with van der Waals surface area (Å²) in [7, 11) is 0. The minimum absolute atomic E-state index is 0.0835. The first kappa shape index (κ1) is 17.4. The van der Waals surface area contributed by atoms with Crippen molar-refractivity contribution in [2.45, 2.75) is 57.8 Å². The van der Waals surface area contributed by atoms with E-state index < -0.39 is 5.60 Å². The van der Waals surface area contributed by atoms with Crippen LogP contribution in [0, 0.1) is 0 Å². The quantitative estimate of drug-likeness (QED) is 0.855. The molecule has 4 nitrogen and oxygen atoms in total. The Morgan fingerprint density at radius 3 is 2.59 bits per heavy atom. The summed E-state index contributed by atoms with van der Waals surface area (Å²) in [5.41, 5.74) is 0.514. The molecule has 1 aliphatic rings. The SMILES string of the molecule is CC(NC1CC1NC(=O)OC(C)(C)C)c1ccc(Cl)cc1Cl. The predicted molar refractivity (Wildman–Crippen MR) is 89.6 cm³/mol. The molecule has 3 atom stereocenters. The van der Waals surface area contributed by atoms with Gasteiger partial charge in [-0.1, -0.05) is 29.3 Å². The van der Waals surface area contributed by atoms with E-state index in [1.807, 2.05) is 39.8 Å². The molecule has 22 heavy (non-hydrogen) atoms. The number of halogens is 2. The van der Waals surface area contributed by atoms with Gasteiger partial charge in [-0.15, -0.1) is 0 Å². The molecule has 122 valence electrons. The molecule has 0 radical (unpaired) electrons. The molecule has 0 aromatic heterocycles. The number of ether oxygens (including phenoxy) is 1. The van der Waals surface area contributed by atoms with Gasteiger partial charge >= 0.3 is 6.09 Å². The molecular formula is C16H22Cl2N2O2. The van der Waals surface area contributed by atoms with E-state index >= 15 is 0 Å². The van der Waals surface area contributed by atoms with Crippen molar-refractivity contribution in [1.29, 1.82) is 0 Å². The molecule has 0 spiro atoms. The molecule has 1 aromatic carbocycles. The number of hydrogen-bond acceptors (Lipinski definition) is 3. The van der Waals surface area contributed by atoms with Gasteiger partial charge in [0.25, 0.3) is 0 Å². The van der Waals surface area contributed by atoms with Crippen LogP contribution in [0.2, 0.25) is 10.0 Å². The Morgan fingerprint density at radius 2 is 2.00 bits per heavy atom. The molecule has 1 aromatic rings. The van der Waals surface area contributed by atoms with E-state index in [0.717, 1.165) is 12.0 Å². The first-order valence-electron chi connectivity index (χ1n) is 7.36. The Bertz CT molecular complexity index is 558. The van der Waals surface area contributed by atoms with Crippen LogP contribution in [-0.4, -0.2) is 23.8 Å². The number of benzene rings is 1. The topological polar surface area (TPSA) is 50.4 Å². The molecule has 1 aliphatic carbocycles. The maximum absolute atomic E-state index is 11.7. The van der Waals surface area contributed by atoms with Gasteiger partial charge in [-0.05, 0) is 51.8 Å². The van der Waals surface area contributed by atoms with Crippen molar-refractivity contribution in [3.63, 3.8) is 0 Å². The number of alkyl carbamates (subject to hydrolysis) is 1. The van der Waals surface area contributed by atoms with Crippen LogP contribution in [0.5, 0.6) is 0 Å². The summed E-state index contributed by atoms with van der Waals surface area (Å²) >= 11 is 12.1. The van der Waals surface area contributed by atoms with Gasteiger partial charge in [0.2, 0.25) is 0 Å². The third-order valence-electron chi connectivity index (χ3n) is 3.39. The van der Waals surface area contributed by atoms with E-state index in [4.69, 9.17) is 27.9 Å². The number of amides is 1. The van der Waals surface area contributed by atoms with Crippen LogP contribution in [0.25, 0.3) is 0 Å². The second-order valence-corrected chi connectivity index (χ2v) is 7.49. The fourth-order valence-corrected chi connectivity index (χ4v) is 2.83. The van der Waals surface area contributed by atoms with Crippen molar-refractivity contribution in [3.05, 3.63) is 33.8 Å². The number of hydrogen-bond donors (Lipinski definition) is 2. The zero-order chi connectivity index (χ0) is 16.5. The van der Waals surface area contributed by atoms with Gasteiger partial charge in [0, 0.05) is 28.2 Å². The lowest BCUT2D eigenvalue weighted by Gasteiger charge is -2.20. The molecule has 0 bridgehead atoms. The van der Waals surface area contributed by atoms with Crippen LogP contribution in [0.15, 0.2) is 18.2 Å². The highest BCUT2D eigenvalue weighted by molar-refractivity contribution is 6.35. The van der Waals surface area contributed by atoms with Crippen molar-refractivity contribution in [1.82, 2.24) is 10.6 Å². The number of carbonyl (C=O) groups is 1. The summed E-state index contributed by atoms with van der Waals surface area (Å²) in [4.78, 5) is 11.7. The van der Waals surface area contributed by atoms with Gasteiger partial charge < -0.3 is 15.4 Å². The zero-order valence-corrected chi connectivity index (χ0v) is 14.8. The zero-order valence-electron chi connectivity index (χ0n) is 13.2. The van der Waals surface area contributed by atoms with Crippen molar-refractivity contribution in [3.8, 4) is 0 Å². The Hall–Kier alpha value is -0.970. The summed E-state index contributed by atoms with van der Waals surface area (Å²) in [5.74, 6) is 0. The van der Waals surface area contributed by atoms with Gasteiger partial charge in [0.15, 0.2) is 0 Å². The van der Waals surface area contributed by atoms with Crippen molar-refractivity contribution in [2.24, 2.45) is 0 Å². The minimum atomic E-state index is -0.480. The van der Waals surface area contributed by atoms with Crippen LogP contribution in [0.1, 0.15) is 45.7 Å². The highest BCUT2D eigenvalue weighted by Gasteiger charge is 2.40. The molecule has 3 unspecified atom stereocenters. The fourth-order valence-electron chi connectivity index (χ4n) is 2.26. The molecule has 0 saturated heterocycles. The van der Waals surface area contributed by atoms with Crippen LogP contribution in [0.3, 0.4) is 0 Å². The monoisotopic (exact) mass is 344 g/mol. The third-order valence-corrected chi connectivity index (χ3v) is 3.95. The molecule has 1 saturated carbocycles. The van der Waals surface area contributed by atoms with Gasteiger partial charge in [0.1, 0.15) is 5.60 Å². The van der Waals surface area contributed by atoms with Crippen molar-refractivity contribution >= 4 is 29.3 Å². The lowest BCUT2D eigenvalue weighted by atomic mass is 10.1. The van der Waals surface area contributed by atoms with E-state index in [2.05, 4.69) is 10.6 Å². The highest BCUT2D eigenvalue weighted by atomic mass is 35.5. The maximum atomic E-state index is 11.7. The Kier molecular flexibility index (Phi) is 5.25. The highest BCUT2D eigenvalue weighted by Crippen LogP contribution is 2.30. The lowest BCUT2D eigenvalue weighted by molar-refractivity contribution is 0.0522. The van der Waals surface area contributed by atoms with Gasteiger partial charge in [0.05, 0.1) is 0 Å². The van der Waals surface area contributed by atoms with E-state index in [1.54, 1.807) is 6.07 Å². The Balaban J connectivity index is 1.82. The van der Waals surface area contributed by atoms with Crippen molar-refractivity contribution < 1.29 is 9.53 Å². The summed E-state index contributed by atoms with van der Waals surface area (Å²) in [5, 5.41) is 7.58. The van der Waals surface area contributed by atoms with E-state index in [9.17, 15) is 4.79 Å². The average Bonchev–Trinajstić information content (AvgIpc) is 3.03. The second-order valence-electron chi connectivity index (χ2n) is 6.65. The first-order valence-corrected chi connectivity index (χ1v) is 8.12. The van der Waals surface area contributed by atoms with Crippen molar-refractivity contribution in [2.75, 3.05) is 0 Å². The smallest absolute Gasteiger partial charge is 0.407 e. The minimum Gasteiger partial charge on any atom is -0.444 e. The van der Waals surface area contributed by atoms with Gasteiger partial charge in [-0.2, -0.15) is 0 Å². The van der Waals surface area contributed by atoms with E-state index in [0.29, 0.717) is 10.0 Å². The Morgan fingerprint density at radius 1 is 1.32 bits per heavy atom. The molecule has 1 amide bonds. The largest absolute Gasteiger partial charge is 0.444 e. The number of nitrogens with one attached hydrogen (secondary N) is 2.